The maximum atomic E-state index is 10.4. The first-order chi connectivity index (χ1) is 4.22. The summed E-state index contributed by atoms with van der Waals surface area (Å²) in [7, 11) is 0. The molecule has 0 aromatic rings. The van der Waals surface area contributed by atoms with Crippen LogP contribution in [0.2, 0.25) is 0 Å². The number of terminal acetylenes is 1. The molecule has 4 heteroatoms. The average Bonchev–Trinajstić information content (AvgIpc) is 1.87. The van der Waals surface area contributed by atoms with Gasteiger partial charge in [0.25, 0.3) is 0 Å². The van der Waals surface area contributed by atoms with Gasteiger partial charge in [0.15, 0.2) is 0 Å². The summed E-state index contributed by atoms with van der Waals surface area (Å²) in [6.45, 7) is 1.94. The Balaban J connectivity index is 3.63. The highest BCUT2D eigenvalue weighted by Gasteiger charge is 2.04. The fourth-order valence-electron chi connectivity index (χ4n) is 0.246. The zero-order valence-corrected chi connectivity index (χ0v) is 5.13. The van der Waals surface area contributed by atoms with Crippen LogP contribution in [0.5, 0.6) is 0 Å². The highest BCUT2D eigenvalue weighted by Crippen LogP contribution is 1.82. The van der Waals surface area contributed by atoms with Gasteiger partial charge in [0.1, 0.15) is 0 Å². The van der Waals surface area contributed by atoms with Gasteiger partial charge in [0.2, 0.25) is 0 Å². The van der Waals surface area contributed by atoms with Crippen molar-refractivity contribution in [2.45, 2.75) is 6.92 Å². The lowest BCUT2D eigenvalue weighted by atomic mass is 10.8. The predicted molar refractivity (Wildman–Crippen MR) is 31.9 cm³/mol. The van der Waals surface area contributed by atoms with Crippen LogP contribution in [0.15, 0.2) is 0 Å². The minimum Gasteiger partial charge on any atom is -0.448 e. The number of carbonyl (C=O) groups excluding carboxylic acids is 1. The number of amides is 1. The lowest BCUT2D eigenvalue weighted by Crippen LogP contribution is -2.33. The Morgan fingerprint density at radius 2 is 2.56 bits per heavy atom. The van der Waals surface area contributed by atoms with Crippen molar-refractivity contribution in [1.29, 1.82) is 0 Å². The molecular formula is C5H8N2O2. The molecule has 4 nitrogen and oxygen atoms in total. The molecule has 0 unspecified atom stereocenters. The first kappa shape index (κ1) is 7.79. The van der Waals surface area contributed by atoms with Crippen molar-refractivity contribution in [2.75, 3.05) is 6.61 Å². The fraction of sp³-hybridized carbons (Fsp3) is 0.400. The second kappa shape index (κ2) is 3.75. The van der Waals surface area contributed by atoms with Crippen molar-refractivity contribution >= 4 is 6.09 Å². The van der Waals surface area contributed by atoms with E-state index in [-0.39, 0.29) is 6.61 Å². The molecule has 0 radical (unpaired) electrons. The SMILES string of the molecule is C#CN(N)C(=O)OCC. The van der Waals surface area contributed by atoms with E-state index in [1.54, 1.807) is 6.92 Å². The van der Waals surface area contributed by atoms with Gasteiger partial charge in [0.05, 0.1) is 6.61 Å². The van der Waals surface area contributed by atoms with Crippen molar-refractivity contribution in [3.63, 3.8) is 0 Å². The molecular weight excluding hydrogens is 120 g/mol. The molecule has 0 spiro atoms. The van der Waals surface area contributed by atoms with Crippen LogP contribution in [0.4, 0.5) is 4.79 Å². The van der Waals surface area contributed by atoms with Crippen molar-refractivity contribution < 1.29 is 9.53 Å². The summed E-state index contributed by atoms with van der Waals surface area (Å²) < 4.78 is 4.41. The van der Waals surface area contributed by atoms with Gasteiger partial charge in [-0.2, -0.15) is 5.01 Å². The zero-order valence-electron chi connectivity index (χ0n) is 5.13. The third-order valence-corrected chi connectivity index (χ3v) is 0.604. The van der Waals surface area contributed by atoms with Crippen molar-refractivity contribution in [3.8, 4) is 12.5 Å². The predicted octanol–water partition coefficient (Wildman–Crippen LogP) is -0.0907. The normalized spacial score (nSPS) is 7.67. The molecule has 0 aliphatic rings. The van der Waals surface area contributed by atoms with Crippen LogP contribution < -0.4 is 5.84 Å². The van der Waals surface area contributed by atoms with Crippen LogP contribution in [-0.2, 0) is 4.74 Å². The molecule has 0 rings (SSSR count). The summed E-state index contributed by atoms with van der Waals surface area (Å²) >= 11 is 0. The van der Waals surface area contributed by atoms with Crippen LogP contribution in [-0.4, -0.2) is 17.7 Å². The molecule has 9 heavy (non-hydrogen) atoms. The van der Waals surface area contributed by atoms with E-state index in [4.69, 9.17) is 12.3 Å². The minimum absolute atomic E-state index is 0.272. The molecule has 1 amide bonds. The average molecular weight is 128 g/mol. The topological polar surface area (TPSA) is 55.6 Å². The molecule has 0 atom stereocenters. The molecule has 0 aliphatic carbocycles. The number of hydrogen-bond acceptors (Lipinski definition) is 3. The summed E-state index contributed by atoms with van der Waals surface area (Å²) in [4.78, 5) is 10.4. The van der Waals surface area contributed by atoms with Crippen LogP contribution in [0.1, 0.15) is 6.92 Å². The summed E-state index contributed by atoms with van der Waals surface area (Å²) in [5.74, 6) is 4.93. The van der Waals surface area contributed by atoms with Crippen LogP contribution in [0, 0.1) is 12.5 Å². The van der Waals surface area contributed by atoms with E-state index in [0.29, 0.717) is 5.01 Å². The van der Waals surface area contributed by atoms with Crippen LogP contribution >= 0.6 is 0 Å². The Morgan fingerprint density at radius 1 is 2.00 bits per heavy atom. The standard InChI is InChI=1S/C5H8N2O2/c1-3-7(6)5(8)9-4-2/h1H,4,6H2,2H3. The Hall–Kier alpha value is -1.21. The number of carbonyl (C=O) groups is 1. The van der Waals surface area contributed by atoms with Crippen molar-refractivity contribution in [2.24, 2.45) is 5.84 Å². The van der Waals surface area contributed by atoms with Gasteiger partial charge in [-0.15, -0.1) is 0 Å². The van der Waals surface area contributed by atoms with E-state index >= 15 is 0 Å². The first-order valence-corrected chi connectivity index (χ1v) is 2.40. The van der Waals surface area contributed by atoms with Crippen LogP contribution in [0.25, 0.3) is 0 Å². The maximum absolute atomic E-state index is 10.4. The molecule has 0 aromatic carbocycles. The van der Waals surface area contributed by atoms with Gasteiger partial charge in [0, 0.05) is 6.04 Å². The number of nitrogens with two attached hydrogens (primary N) is 1. The maximum Gasteiger partial charge on any atom is 0.436 e. The lowest BCUT2D eigenvalue weighted by molar-refractivity contribution is 0.125. The molecule has 50 valence electrons. The molecule has 2 N–H and O–H groups in total. The Bertz CT molecular complexity index is 138. The molecule has 0 aliphatic heterocycles. The van der Waals surface area contributed by atoms with Gasteiger partial charge in [-0.25, -0.2) is 10.6 Å². The zero-order chi connectivity index (χ0) is 7.28. The third-order valence-electron chi connectivity index (χ3n) is 0.604. The largest absolute Gasteiger partial charge is 0.448 e. The van der Waals surface area contributed by atoms with E-state index in [2.05, 4.69) is 4.74 Å². The molecule has 0 heterocycles. The van der Waals surface area contributed by atoms with Crippen LogP contribution in [0.3, 0.4) is 0 Å². The summed E-state index contributed by atoms with van der Waals surface area (Å²) in [5, 5.41) is 0.545. The third kappa shape index (κ3) is 2.57. The van der Waals surface area contributed by atoms with Gasteiger partial charge >= 0.3 is 6.09 Å². The number of rotatable bonds is 1. The van der Waals surface area contributed by atoms with Gasteiger partial charge in [-0.05, 0) is 6.92 Å². The molecule has 0 saturated carbocycles. The quantitative estimate of drug-likeness (QED) is 0.176. The summed E-state index contributed by atoms with van der Waals surface area (Å²) in [6.07, 6.45) is 4.04. The second-order valence-electron chi connectivity index (χ2n) is 1.20. The van der Waals surface area contributed by atoms with Gasteiger partial charge in [-0.1, -0.05) is 6.42 Å². The first-order valence-electron chi connectivity index (χ1n) is 2.40. The van der Waals surface area contributed by atoms with Crippen molar-refractivity contribution in [1.82, 2.24) is 5.01 Å². The lowest BCUT2D eigenvalue weighted by Gasteiger charge is -2.05. The van der Waals surface area contributed by atoms with Gasteiger partial charge in [-0.3, -0.25) is 0 Å². The summed E-state index contributed by atoms with van der Waals surface area (Å²) in [6, 6.07) is 1.89. The highest BCUT2D eigenvalue weighted by atomic mass is 16.6. The van der Waals surface area contributed by atoms with E-state index in [1.165, 1.54) is 0 Å². The number of ether oxygens (including phenoxy) is 1. The summed E-state index contributed by atoms with van der Waals surface area (Å²) in [5.41, 5.74) is 0. The van der Waals surface area contributed by atoms with Crippen molar-refractivity contribution in [3.05, 3.63) is 0 Å². The Kier molecular flexibility index (Phi) is 3.25. The highest BCUT2D eigenvalue weighted by molar-refractivity contribution is 5.68. The van der Waals surface area contributed by atoms with Gasteiger partial charge < -0.3 is 4.74 Å². The van der Waals surface area contributed by atoms with E-state index in [0.717, 1.165) is 0 Å². The van der Waals surface area contributed by atoms with E-state index in [9.17, 15) is 4.79 Å². The monoisotopic (exact) mass is 128 g/mol. The molecule has 0 saturated heterocycles. The van der Waals surface area contributed by atoms with E-state index < -0.39 is 6.09 Å². The second-order valence-corrected chi connectivity index (χ2v) is 1.20. The molecule has 0 aromatic heterocycles. The Labute approximate surface area is 53.5 Å². The number of hydrogen-bond donors (Lipinski definition) is 1. The minimum atomic E-state index is -0.708. The Morgan fingerprint density at radius 3 is 2.89 bits per heavy atom. The van der Waals surface area contributed by atoms with E-state index in [1.807, 2.05) is 6.04 Å². The number of hydrazine groups is 1. The smallest absolute Gasteiger partial charge is 0.436 e. The molecule has 0 bridgehead atoms. The molecule has 0 fully saturated rings. The number of nitrogens with zero attached hydrogens (tertiary/aromatic N) is 1. The fourth-order valence-corrected chi connectivity index (χ4v) is 0.246.